The Balaban J connectivity index is 1.54. The molecule has 0 bridgehead atoms. The van der Waals surface area contributed by atoms with E-state index < -0.39 is 5.60 Å². The van der Waals surface area contributed by atoms with Gasteiger partial charge in [-0.1, -0.05) is 38.1 Å². The minimum atomic E-state index is -1.02. The van der Waals surface area contributed by atoms with Crippen molar-refractivity contribution in [1.29, 1.82) is 0 Å². The summed E-state index contributed by atoms with van der Waals surface area (Å²) in [6, 6.07) is 17.8. The first-order valence-electron chi connectivity index (χ1n) is 11.7. The summed E-state index contributed by atoms with van der Waals surface area (Å²) in [6.45, 7) is 10.3. The molecular formula is C28H31N5O2. The number of pyridine rings is 1. The molecule has 0 saturated heterocycles. The number of benzene rings is 1. The molecule has 0 unspecified atom stereocenters. The molecule has 0 fully saturated rings. The van der Waals surface area contributed by atoms with Gasteiger partial charge in [0.1, 0.15) is 18.0 Å². The summed E-state index contributed by atoms with van der Waals surface area (Å²) in [6.07, 6.45) is 5.15. The fourth-order valence-electron chi connectivity index (χ4n) is 3.90. The third-order valence-corrected chi connectivity index (χ3v) is 6.48. The van der Waals surface area contributed by atoms with E-state index in [1.54, 1.807) is 38.5 Å². The van der Waals surface area contributed by atoms with Gasteiger partial charge in [0.2, 0.25) is 0 Å². The standard InChI is InChI=1S/C28H31N5O2/c1-19(2)28(5,25-13-11-22(17-31-25)35-18-26-29-15-6-16-30-26)21-9-7-20(8-10-21)23-12-14-24(33-32-23)27(3,4)34/h6-17,19,34H,18H2,1-5H3/t28-/m0/s1. The van der Waals surface area contributed by atoms with Crippen molar-refractivity contribution in [3.8, 4) is 17.0 Å². The number of aliphatic hydroxyl groups is 1. The molecule has 7 heteroatoms. The van der Waals surface area contributed by atoms with Gasteiger partial charge in [0, 0.05) is 23.4 Å². The van der Waals surface area contributed by atoms with Crippen LogP contribution in [0.5, 0.6) is 5.75 Å². The van der Waals surface area contributed by atoms with Gasteiger partial charge in [-0.25, -0.2) is 9.97 Å². The van der Waals surface area contributed by atoms with Crippen LogP contribution in [0.1, 0.15) is 57.4 Å². The van der Waals surface area contributed by atoms with Crippen LogP contribution < -0.4 is 4.74 Å². The number of rotatable bonds is 8. The van der Waals surface area contributed by atoms with E-state index in [1.165, 1.54) is 0 Å². The number of hydrogen-bond acceptors (Lipinski definition) is 7. The summed E-state index contributed by atoms with van der Waals surface area (Å²) < 4.78 is 5.80. The number of aromatic nitrogens is 5. The molecule has 7 nitrogen and oxygen atoms in total. The van der Waals surface area contributed by atoms with Crippen molar-refractivity contribution in [2.45, 2.75) is 52.2 Å². The molecule has 0 spiro atoms. The molecule has 3 aromatic heterocycles. The van der Waals surface area contributed by atoms with E-state index in [-0.39, 0.29) is 5.41 Å². The molecule has 0 aliphatic carbocycles. The summed E-state index contributed by atoms with van der Waals surface area (Å²) in [4.78, 5) is 13.1. The van der Waals surface area contributed by atoms with Crippen LogP contribution in [0.4, 0.5) is 0 Å². The highest BCUT2D eigenvalue weighted by atomic mass is 16.5. The molecule has 1 atom stereocenters. The van der Waals surface area contributed by atoms with Crippen molar-refractivity contribution in [1.82, 2.24) is 25.1 Å². The van der Waals surface area contributed by atoms with Gasteiger partial charge in [-0.15, -0.1) is 0 Å². The van der Waals surface area contributed by atoms with Crippen molar-refractivity contribution in [3.05, 3.63) is 96.0 Å². The summed E-state index contributed by atoms with van der Waals surface area (Å²) in [5.41, 5.74) is 3.09. The average molecular weight is 470 g/mol. The molecule has 4 rings (SSSR count). The normalized spacial score (nSPS) is 13.5. The van der Waals surface area contributed by atoms with Crippen LogP contribution in [0.25, 0.3) is 11.3 Å². The molecule has 0 radical (unpaired) electrons. The zero-order valence-corrected chi connectivity index (χ0v) is 20.8. The van der Waals surface area contributed by atoms with E-state index in [9.17, 15) is 5.11 Å². The zero-order chi connectivity index (χ0) is 25.1. The van der Waals surface area contributed by atoms with Crippen LogP contribution in [0.15, 0.2) is 73.2 Å². The Hall–Kier alpha value is -3.71. The first-order chi connectivity index (χ1) is 16.7. The van der Waals surface area contributed by atoms with Crippen molar-refractivity contribution in [2.24, 2.45) is 5.92 Å². The summed E-state index contributed by atoms with van der Waals surface area (Å²) in [5.74, 6) is 1.61. The Labute approximate surface area is 206 Å². The van der Waals surface area contributed by atoms with Gasteiger partial charge in [-0.3, -0.25) is 4.98 Å². The van der Waals surface area contributed by atoms with Gasteiger partial charge in [0.05, 0.1) is 23.3 Å². The molecular weight excluding hydrogens is 438 g/mol. The van der Waals surface area contributed by atoms with Gasteiger partial charge in [0.25, 0.3) is 0 Å². The van der Waals surface area contributed by atoms with Crippen LogP contribution >= 0.6 is 0 Å². The first-order valence-corrected chi connectivity index (χ1v) is 11.7. The lowest BCUT2D eigenvalue weighted by atomic mass is 9.70. The SMILES string of the molecule is CC(C)[C@@](C)(c1ccc(-c2ccc(C(C)(C)O)nn2)cc1)c1ccc(OCc2ncccn2)cn1. The summed E-state index contributed by atoms with van der Waals surface area (Å²) in [5, 5.41) is 18.6. The molecule has 0 aliphatic heterocycles. The van der Waals surface area contributed by atoms with Gasteiger partial charge < -0.3 is 9.84 Å². The Morgan fingerprint density at radius 1 is 0.829 bits per heavy atom. The van der Waals surface area contributed by atoms with E-state index in [0.29, 0.717) is 29.8 Å². The highest BCUT2D eigenvalue weighted by molar-refractivity contribution is 5.59. The van der Waals surface area contributed by atoms with Crippen molar-refractivity contribution < 1.29 is 9.84 Å². The van der Waals surface area contributed by atoms with Gasteiger partial charge in [-0.2, -0.15) is 10.2 Å². The third kappa shape index (κ3) is 5.35. The lowest BCUT2D eigenvalue weighted by Crippen LogP contribution is -2.31. The van der Waals surface area contributed by atoms with Crippen LogP contribution in [-0.2, 0) is 17.6 Å². The molecule has 0 aliphatic rings. The predicted octanol–water partition coefficient (Wildman–Crippen LogP) is 5.10. The second-order valence-corrected chi connectivity index (χ2v) is 9.63. The van der Waals surface area contributed by atoms with Crippen LogP contribution in [-0.4, -0.2) is 30.3 Å². The van der Waals surface area contributed by atoms with Crippen LogP contribution in [0.2, 0.25) is 0 Å². The Bertz CT molecular complexity index is 1240. The maximum absolute atomic E-state index is 10.1. The average Bonchev–Trinajstić information content (AvgIpc) is 2.87. The monoisotopic (exact) mass is 469 g/mol. The first kappa shape index (κ1) is 24.4. The van der Waals surface area contributed by atoms with E-state index >= 15 is 0 Å². The molecule has 3 heterocycles. The largest absolute Gasteiger partial charge is 0.484 e. The summed E-state index contributed by atoms with van der Waals surface area (Å²) in [7, 11) is 0. The molecule has 4 aromatic rings. The van der Waals surface area contributed by atoms with Crippen LogP contribution in [0.3, 0.4) is 0 Å². The quantitative estimate of drug-likeness (QED) is 0.384. The van der Waals surface area contributed by atoms with E-state index in [2.05, 4.69) is 65.2 Å². The third-order valence-electron chi connectivity index (χ3n) is 6.48. The van der Waals surface area contributed by atoms with Crippen molar-refractivity contribution in [2.75, 3.05) is 0 Å². The Kier molecular flexibility index (Phi) is 6.89. The fourth-order valence-corrected chi connectivity index (χ4v) is 3.90. The van der Waals surface area contributed by atoms with Gasteiger partial charge in [-0.05, 0) is 62.6 Å². The van der Waals surface area contributed by atoms with E-state index in [0.717, 1.165) is 22.5 Å². The van der Waals surface area contributed by atoms with Gasteiger partial charge in [0.15, 0.2) is 5.82 Å². The second kappa shape index (κ2) is 9.88. The van der Waals surface area contributed by atoms with Crippen molar-refractivity contribution in [3.63, 3.8) is 0 Å². The molecule has 35 heavy (non-hydrogen) atoms. The smallest absolute Gasteiger partial charge is 0.166 e. The van der Waals surface area contributed by atoms with E-state index in [1.807, 2.05) is 24.3 Å². The maximum Gasteiger partial charge on any atom is 0.166 e. The molecule has 180 valence electrons. The minimum Gasteiger partial charge on any atom is -0.484 e. The van der Waals surface area contributed by atoms with Gasteiger partial charge >= 0.3 is 0 Å². The van der Waals surface area contributed by atoms with Crippen molar-refractivity contribution >= 4 is 0 Å². The second-order valence-electron chi connectivity index (χ2n) is 9.63. The Morgan fingerprint density at radius 2 is 1.51 bits per heavy atom. The van der Waals surface area contributed by atoms with Crippen LogP contribution in [0, 0.1) is 5.92 Å². The highest BCUT2D eigenvalue weighted by Crippen LogP contribution is 2.39. The topological polar surface area (TPSA) is 93.9 Å². The highest BCUT2D eigenvalue weighted by Gasteiger charge is 2.34. The fraction of sp³-hybridized carbons (Fsp3) is 0.321. The maximum atomic E-state index is 10.1. The Morgan fingerprint density at radius 3 is 2.06 bits per heavy atom. The minimum absolute atomic E-state index is 0.296. The molecule has 1 N–H and O–H groups in total. The predicted molar refractivity (Wildman–Crippen MR) is 135 cm³/mol. The lowest BCUT2D eigenvalue weighted by Gasteiger charge is -2.34. The molecule has 1 aromatic carbocycles. The molecule has 0 amide bonds. The molecule has 0 saturated carbocycles. The zero-order valence-electron chi connectivity index (χ0n) is 20.8. The number of ether oxygens (including phenoxy) is 1. The number of nitrogens with zero attached hydrogens (tertiary/aromatic N) is 5. The number of hydrogen-bond donors (Lipinski definition) is 1. The van der Waals surface area contributed by atoms with E-state index in [4.69, 9.17) is 9.72 Å². The summed E-state index contributed by atoms with van der Waals surface area (Å²) >= 11 is 0. The lowest BCUT2D eigenvalue weighted by molar-refractivity contribution is 0.0729.